The molecule has 0 aromatic carbocycles. The average Bonchev–Trinajstić information content (AvgIpc) is 2.03. The summed E-state index contributed by atoms with van der Waals surface area (Å²) < 4.78 is 5.08. The summed E-state index contributed by atoms with van der Waals surface area (Å²) in [6.45, 7) is 6.64. The second kappa shape index (κ2) is 4.64. The molecule has 0 saturated heterocycles. The van der Waals surface area contributed by atoms with Crippen molar-refractivity contribution in [3.63, 3.8) is 0 Å². The molecule has 1 fully saturated rings. The Kier molecular flexibility index (Phi) is 3.76. The molecule has 0 radical (unpaired) electrons. The second-order valence-corrected chi connectivity index (χ2v) is 4.35. The first kappa shape index (κ1) is 10.6. The van der Waals surface area contributed by atoms with E-state index in [0.717, 1.165) is 0 Å². The van der Waals surface area contributed by atoms with Gasteiger partial charge in [-0.15, -0.1) is 0 Å². The van der Waals surface area contributed by atoms with Crippen LogP contribution >= 0.6 is 0 Å². The van der Waals surface area contributed by atoms with E-state index in [0.29, 0.717) is 24.4 Å². The molecular weight excluding hydrogens is 164 g/mol. The Bertz CT molecular complexity index is 167. The van der Waals surface area contributed by atoms with E-state index in [-0.39, 0.29) is 5.97 Å². The molecule has 0 aromatic heterocycles. The fourth-order valence-corrected chi connectivity index (χ4v) is 2.29. The number of rotatable bonds is 2. The van der Waals surface area contributed by atoms with Gasteiger partial charge in [0, 0.05) is 6.92 Å². The molecule has 2 nitrogen and oxygen atoms in total. The van der Waals surface area contributed by atoms with E-state index >= 15 is 0 Å². The van der Waals surface area contributed by atoms with Crippen LogP contribution in [0.5, 0.6) is 0 Å². The fraction of sp³-hybridized carbons (Fsp3) is 0.909. The van der Waals surface area contributed by atoms with E-state index in [1.54, 1.807) is 0 Å². The number of hydrogen-bond acceptors (Lipinski definition) is 2. The zero-order chi connectivity index (χ0) is 9.84. The van der Waals surface area contributed by atoms with Crippen LogP contribution in [-0.2, 0) is 9.53 Å². The predicted octanol–water partition coefficient (Wildman–Crippen LogP) is 2.62. The number of esters is 1. The maximum Gasteiger partial charge on any atom is 0.302 e. The van der Waals surface area contributed by atoms with E-state index in [1.807, 2.05) is 0 Å². The van der Waals surface area contributed by atoms with Crippen LogP contribution < -0.4 is 0 Å². The molecule has 0 amide bonds. The molecule has 0 aromatic rings. The molecule has 2 atom stereocenters. The van der Waals surface area contributed by atoms with Crippen molar-refractivity contribution in [1.29, 1.82) is 0 Å². The average molecular weight is 184 g/mol. The van der Waals surface area contributed by atoms with Gasteiger partial charge in [0.1, 0.15) is 0 Å². The smallest absolute Gasteiger partial charge is 0.302 e. The maximum absolute atomic E-state index is 10.7. The van der Waals surface area contributed by atoms with Crippen LogP contribution in [0.1, 0.15) is 40.0 Å². The number of carbonyl (C=O) groups excluding carboxylic acids is 1. The molecule has 0 N–H and O–H groups in total. The fourth-order valence-electron chi connectivity index (χ4n) is 2.29. The third-order valence-electron chi connectivity index (χ3n) is 3.26. The predicted molar refractivity (Wildman–Crippen MR) is 52.3 cm³/mol. The van der Waals surface area contributed by atoms with E-state index in [1.165, 1.54) is 26.2 Å². The molecule has 0 spiro atoms. The molecule has 2 unspecified atom stereocenters. The van der Waals surface area contributed by atoms with Crippen LogP contribution in [0.4, 0.5) is 0 Å². The minimum absolute atomic E-state index is 0.148. The minimum atomic E-state index is -0.148. The summed E-state index contributed by atoms with van der Waals surface area (Å²) >= 11 is 0. The first-order valence-electron chi connectivity index (χ1n) is 5.24. The standard InChI is InChI=1S/C11H20O2/c1-8-5-4-6-9(2)11(8)7-13-10(3)12/h8-9,11H,4-7H2,1-3H3. The maximum atomic E-state index is 10.7. The van der Waals surface area contributed by atoms with Crippen LogP contribution in [-0.4, -0.2) is 12.6 Å². The van der Waals surface area contributed by atoms with Gasteiger partial charge in [-0.2, -0.15) is 0 Å². The lowest BCUT2D eigenvalue weighted by atomic mass is 9.74. The van der Waals surface area contributed by atoms with Crippen molar-refractivity contribution in [3.8, 4) is 0 Å². The summed E-state index contributed by atoms with van der Waals surface area (Å²) in [7, 11) is 0. The molecule has 76 valence electrons. The topological polar surface area (TPSA) is 26.3 Å². The molecule has 0 heterocycles. The highest BCUT2D eigenvalue weighted by Crippen LogP contribution is 2.34. The zero-order valence-electron chi connectivity index (χ0n) is 8.88. The molecule has 0 bridgehead atoms. The van der Waals surface area contributed by atoms with Gasteiger partial charge in [0.05, 0.1) is 6.61 Å². The highest BCUT2D eigenvalue weighted by molar-refractivity contribution is 5.65. The quantitative estimate of drug-likeness (QED) is 0.617. The molecule has 1 rings (SSSR count). The van der Waals surface area contributed by atoms with Crippen LogP contribution in [0, 0.1) is 17.8 Å². The Labute approximate surface area is 80.7 Å². The van der Waals surface area contributed by atoms with Crippen molar-refractivity contribution in [2.75, 3.05) is 6.61 Å². The lowest BCUT2D eigenvalue weighted by Gasteiger charge is -2.33. The number of hydrogen-bond donors (Lipinski definition) is 0. The zero-order valence-corrected chi connectivity index (χ0v) is 8.88. The Morgan fingerprint density at radius 2 is 1.85 bits per heavy atom. The number of ether oxygens (including phenoxy) is 1. The third-order valence-corrected chi connectivity index (χ3v) is 3.26. The molecule has 1 saturated carbocycles. The molecule has 0 aliphatic heterocycles. The molecule has 2 heteroatoms. The summed E-state index contributed by atoms with van der Waals surface area (Å²) in [6.07, 6.45) is 3.91. The van der Waals surface area contributed by atoms with Gasteiger partial charge in [-0.05, 0) is 17.8 Å². The van der Waals surface area contributed by atoms with Crippen LogP contribution in [0.25, 0.3) is 0 Å². The lowest BCUT2D eigenvalue weighted by molar-refractivity contribution is -0.143. The van der Waals surface area contributed by atoms with Gasteiger partial charge in [-0.1, -0.05) is 33.1 Å². The second-order valence-electron chi connectivity index (χ2n) is 4.35. The minimum Gasteiger partial charge on any atom is -0.466 e. The van der Waals surface area contributed by atoms with E-state index in [4.69, 9.17) is 4.74 Å². The van der Waals surface area contributed by atoms with E-state index in [9.17, 15) is 4.79 Å². The summed E-state index contributed by atoms with van der Waals surface area (Å²) in [5, 5.41) is 0. The summed E-state index contributed by atoms with van der Waals surface area (Å²) in [4.78, 5) is 10.7. The van der Waals surface area contributed by atoms with Gasteiger partial charge >= 0.3 is 5.97 Å². The first-order chi connectivity index (χ1) is 6.11. The van der Waals surface area contributed by atoms with E-state index in [2.05, 4.69) is 13.8 Å². The van der Waals surface area contributed by atoms with Gasteiger partial charge in [-0.3, -0.25) is 4.79 Å². The molecular formula is C11H20O2. The van der Waals surface area contributed by atoms with Crippen molar-refractivity contribution >= 4 is 5.97 Å². The first-order valence-corrected chi connectivity index (χ1v) is 5.24. The van der Waals surface area contributed by atoms with E-state index < -0.39 is 0 Å². The Balaban J connectivity index is 2.39. The largest absolute Gasteiger partial charge is 0.466 e. The molecule has 1 aliphatic carbocycles. The van der Waals surface area contributed by atoms with Crippen LogP contribution in [0.15, 0.2) is 0 Å². The van der Waals surface area contributed by atoms with Crippen molar-refractivity contribution in [1.82, 2.24) is 0 Å². The normalized spacial score (nSPS) is 34.2. The monoisotopic (exact) mass is 184 g/mol. The molecule has 13 heavy (non-hydrogen) atoms. The Morgan fingerprint density at radius 1 is 1.31 bits per heavy atom. The van der Waals surface area contributed by atoms with Crippen molar-refractivity contribution < 1.29 is 9.53 Å². The summed E-state index contributed by atoms with van der Waals surface area (Å²) in [5.74, 6) is 1.86. The molecule has 1 aliphatic rings. The summed E-state index contributed by atoms with van der Waals surface area (Å²) in [6, 6.07) is 0. The van der Waals surface area contributed by atoms with Crippen molar-refractivity contribution in [2.45, 2.75) is 40.0 Å². The van der Waals surface area contributed by atoms with Gasteiger partial charge in [0.25, 0.3) is 0 Å². The van der Waals surface area contributed by atoms with Crippen LogP contribution in [0.3, 0.4) is 0 Å². The van der Waals surface area contributed by atoms with Gasteiger partial charge in [-0.25, -0.2) is 0 Å². The highest BCUT2D eigenvalue weighted by Gasteiger charge is 2.28. The Morgan fingerprint density at radius 3 is 2.31 bits per heavy atom. The Hall–Kier alpha value is -0.530. The van der Waals surface area contributed by atoms with Crippen LogP contribution in [0.2, 0.25) is 0 Å². The summed E-state index contributed by atoms with van der Waals surface area (Å²) in [5.41, 5.74) is 0. The van der Waals surface area contributed by atoms with Gasteiger partial charge in [0.2, 0.25) is 0 Å². The van der Waals surface area contributed by atoms with Gasteiger partial charge < -0.3 is 4.74 Å². The highest BCUT2D eigenvalue weighted by atomic mass is 16.5. The number of carbonyl (C=O) groups is 1. The third kappa shape index (κ3) is 3.02. The SMILES string of the molecule is CC(=O)OCC1C(C)CCCC1C. The van der Waals surface area contributed by atoms with Crippen molar-refractivity contribution in [3.05, 3.63) is 0 Å². The van der Waals surface area contributed by atoms with Gasteiger partial charge in [0.15, 0.2) is 0 Å². The lowest BCUT2D eigenvalue weighted by Crippen LogP contribution is -2.29. The van der Waals surface area contributed by atoms with Crippen molar-refractivity contribution in [2.24, 2.45) is 17.8 Å².